The minimum Gasteiger partial charge on any atom is -0.408 e. The van der Waals surface area contributed by atoms with Gasteiger partial charge in [0.15, 0.2) is 0 Å². The second kappa shape index (κ2) is 10.3. The highest BCUT2D eigenvalue weighted by Crippen LogP contribution is 2.48. The van der Waals surface area contributed by atoms with Crippen molar-refractivity contribution in [3.05, 3.63) is 124 Å². The van der Waals surface area contributed by atoms with Gasteiger partial charge in [-0.25, -0.2) is 0 Å². The minimum absolute atomic E-state index is 0.600. The third-order valence-electron chi connectivity index (χ3n) is 6.01. The van der Waals surface area contributed by atoms with Crippen LogP contribution >= 0.6 is 43.4 Å². The van der Waals surface area contributed by atoms with Gasteiger partial charge in [0.1, 0.15) is 17.2 Å². The monoisotopic (exact) mass is 562 g/mol. The van der Waals surface area contributed by atoms with Crippen molar-refractivity contribution in [3.63, 3.8) is 0 Å². The van der Waals surface area contributed by atoms with Crippen molar-refractivity contribution in [2.45, 2.75) is 0 Å². The molecule has 0 bridgehead atoms. The Balaban J connectivity index is 1.45. The molecule has 182 valence electrons. The maximum Gasteiger partial charge on any atom is 0.530 e. The summed E-state index contributed by atoms with van der Waals surface area (Å²) in [6.45, 7) is 0. The Morgan fingerprint density at radius 3 is 0.919 bits per heavy atom. The van der Waals surface area contributed by atoms with Gasteiger partial charge >= 0.3 is 8.60 Å². The van der Waals surface area contributed by atoms with Crippen molar-refractivity contribution in [3.8, 4) is 17.2 Å². The van der Waals surface area contributed by atoms with Gasteiger partial charge in [-0.15, -0.1) is 0 Å². The molecule has 6 aromatic rings. The molecule has 0 aromatic heterocycles. The molecule has 0 N–H and O–H groups in total. The lowest BCUT2D eigenvalue weighted by molar-refractivity contribution is 0.393. The molecule has 0 fully saturated rings. The Morgan fingerprint density at radius 1 is 0.351 bits per heavy atom. The van der Waals surface area contributed by atoms with E-state index in [2.05, 4.69) is 0 Å². The Kier molecular flexibility index (Phi) is 6.71. The van der Waals surface area contributed by atoms with E-state index in [1.807, 2.05) is 109 Å². The summed E-state index contributed by atoms with van der Waals surface area (Å²) in [7, 11) is -1.97. The second-order valence-electron chi connectivity index (χ2n) is 8.27. The summed E-state index contributed by atoms with van der Waals surface area (Å²) in [6, 6.07) is 34.3. The van der Waals surface area contributed by atoms with E-state index >= 15 is 0 Å². The van der Waals surface area contributed by atoms with Gasteiger partial charge in [-0.3, -0.25) is 0 Å². The highest BCUT2D eigenvalue weighted by Gasteiger charge is 2.24. The fourth-order valence-corrected chi connectivity index (χ4v) is 5.99. The van der Waals surface area contributed by atoms with E-state index in [4.69, 9.17) is 48.4 Å². The lowest BCUT2D eigenvalue weighted by atomic mass is 10.1. The largest absolute Gasteiger partial charge is 0.530 e. The van der Waals surface area contributed by atoms with E-state index in [9.17, 15) is 0 Å². The van der Waals surface area contributed by atoms with Gasteiger partial charge in [0.05, 0.1) is 0 Å². The minimum atomic E-state index is -1.97. The van der Waals surface area contributed by atoms with Gasteiger partial charge in [0.25, 0.3) is 0 Å². The summed E-state index contributed by atoms with van der Waals surface area (Å²) in [6.07, 6.45) is 0. The van der Waals surface area contributed by atoms with Gasteiger partial charge in [0.2, 0.25) is 0 Å². The fourth-order valence-electron chi connectivity index (χ4n) is 4.24. The topological polar surface area (TPSA) is 27.7 Å². The van der Waals surface area contributed by atoms with Gasteiger partial charge < -0.3 is 13.6 Å². The molecule has 6 aromatic carbocycles. The van der Waals surface area contributed by atoms with Gasteiger partial charge in [-0.05, 0) is 36.4 Å². The second-order valence-corrected chi connectivity index (χ2v) is 10.5. The van der Waals surface area contributed by atoms with Gasteiger partial charge in [-0.1, -0.05) is 108 Å². The predicted molar refractivity (Wildman–Crippen MR) is 156 cm³/mol. The van der Waals surface area contributed by atoms with E-state index in [1.54, 1.807) is 0 Å². The summed E-state index contributed by atoms with van der Waals surface area (Å²) < 4.78 is 19.3. The first-order valence-electron chi connectivity index (χ1n) is 11.4. The molecule has 0 amide bonds. The number of hydrogen-bond acceptors (Lipinski definition) is 3. The highest BCUT2D eigenvalue weighted by atomic mass is 35.5. The fraction of sp³-hybridized carbons (Fsp3) is 0. The van der Waals surface area contributed by atoms with E-state index in [-0.39, 0.29) is 0 Å². The molecule has 0 radical (unpaired) electrons. The average molecular weight is 564 g/mol. The summed E-state index contributed by atoms with van der Waals surface area (Å²) >= 11 is 19.3. The molecule has 6 rings (SSSR count). The summed E-state index contributed by atoms with van der Waals surface area (Å²) in [5.41, 5.74) is 0. The maximum atomic E-state index is 6.45. The molecule has 0 atom stereocenters. The van der Waals surface area contributed by atoms with Crippen LogP contribution in [0.25, 0.3) is 32.3 Å². The summed E-state index contributed by atoms with van der Waals surface area (Å²) in [5.74, 6) is 1.80. The molecule has 3 nitrogen and oxygen atoms in total. The Labute approximate surface area is 230 Å². The number of benzene rings is 6. The summed E-state index contributed by atoms with van der Waals surface area (Å²) in [4.78, 5) is 0. The first-order chi connectivity index (χ1) is 18.1. The van der Waals surface area contributed by atoms with Crippen LogP contribution < -0.4 is 13.6 Å². The normalized spacial score (nSPS) is 11.4. The number of halogens is 3. The molecule has 7 heteroatoms. The van der Waals surface area contributed by atoms with Crippen molar-refractivity contribution in [1.82, 2.24) is 0 Å². The zero-order chi connectivity index (χ0) is 25.4. The van der Waals surface area contributed by atoms with E-state index in [0.29, 0.717) is 32.3 Å². The SMILES string of the molecule is Clc1ccc(OP(Oc2ccc(Cl)c3ccccc23)Oc2ccc(Cl)c3ccccc23)c2ccccc12. The van der Waals surface area contributed by atoms with Crippen LogP contribution in [-0.4, -0.2) is 0 Å². The maximum absolute atomic E-state index is 6.45. The highest BCUT2D eigenvalue weighted by molar-refractivity contribution is 7.43. The zero-order valence-electron chi connectivity index (χ0n) is 19.2. The molecule has 0 aliphatic heterocycles. The van der Waals surface area contributed by atoms with E-state index < -0.39 is 8.60 Å². The Bertz CT molecular complexity index is 1570. The molecular weight excluding hydrogens is 546 g/mol. The van der Waals surface area contributed by atoms with Crippen LogP contribution in [0, 0.1) is 0 Å². The van der Waals surface area contributed by atoms with Crippen molar-refractivity contribution < 1.29 is 13.6 Å². The summed E-state index contributed by atoms with van der Waals surface area (Å²) in [5, 5.41) is 7.14. The molecule has 0 spiro atoms. The first kappa shape index (κ1) is 24.2. The quantitative estimate of drug-likeness (QED) is 0.189. The van der Waals surface area contributed by atoms with Crippen molar-refractivity contribution in [2.75, 3.05) is 0 Å². The molecule has 37 heavy (non-hydrogen) atoms. The molecule has 0 saturated carbocycles. The third kappa shape index (κ3) is 4.77. The lowest BCUT2D eigenvalue weighted by Crippen LogP contribution is -2.03. The first-order valence-corrected chi connectivity index (χ1v) is 13.7. The van der Waals surface area contributed by atoms with Crippen molar-refractivity contribution in [1.29, 1.82) is 0 Å². The molecule has 0 heterocycles. The number of hydrogen-bond donors (Lipinski definition) is 0. The predicted octanol–water partition coefficient (Wildman–Crippen LogP) is 10.9. The zero-order valence-corrected chi connectivity index (χ0v) is 22.4. The van der Waals surface area contributed by atoms with Crippen LogP contribution in [-0.2, 0) is 0 Å². The van der Waals surface area contributed by atoms with Gasteiger partial charge in [-0.2, -0.15) is 0 Å². The third-order valence-corrected chi connectivity index (χ3v) is 8.04. The van der Waals surface area contributed by atoms with E-state index in [0.717, 1.165) is 32.3 Å². The Hall–Kier alpha value is -3.20. The van der Waals surface area contributed by atoms with Crippen molar-refractivity contribution in [2.24, 2.45) is 0 Å². The van der Waals surface area contributed by atoms with Crippen LogP contribution in [0.5, 0.6) is 17.2 Å². The smallest absolute Gasteiger partial charge is 0.408 e. The standard InChI is InChI=1S/C30H18Cl3O3P/c31-25-13-16-28(22-10-4-1-7-19(22)25)34-37(35-29-17-14-26(32)20-8-2-5-11-23(20)29)36-30-18-15-27(33)21-9-3-6-12-24(21)30/h1-18H. The molecule has 0 aliphatic rings. The van der Waals surface area contributed by atoms with Gasteiger partial charge in [0, 0.05) is 47.4 Å². The number of fused-ring (bicyclic) bond motifs is 3. The molecular formula is C30H18Cl3O3P. The van der Waals surface area contributed by atoms with Crippen LogP contribution in [0.3, 0.4) is 0 Å². The number of rotatable bonds is 6. The van der Waals surface area contributed by atoms with E-state index in [1.165, 1.54) is 0 Å². The average Bonchev–Trinajstić information content (AvgIpc) is 2.94. The van der Waals surface area contributed by atoms with Crippen molar-refractivity contribution >= 4 is 75.7 Å². The van der Waals surface area contributed by atoms with Crippen LogP contribution in [0.15, 0.2) is 109 Å². The van der Waals surface area contributed by atoms with Crippen LogP contribution in [0.1, 0.15) is 0 Å². The molecule has 0 saturated heterocycles. The molecule has 0 unspecified atom stereocenters. The van der Waals surface area contributed by atoms with Crippen LogP contribution in [0.2, 0.25) is 15.1 Å². The Morgan fingerprint density at radius 2 is 0.622 bits per heavy atom. The van der Waals surface area contributed by atoms with Crippen LogP contribution in [0.4, 0.5) is 0 Å². The molecule has 0 aliphatic carbocycles. The lowest BCUT2D eigenvalue weighted by Gasteiger charge is -2.21.